The van der Waals surface area contributed by atoms with Crippen LogP contribution in [0.15, 0.2) is 66.7 Å². The zero-order chi connectivity index (χ0) is 19.9. The molecule has 0 aliphatic heterocycles. The number of aliphatic hydroxyl groups excluding tert-OH is 1. The molecule has 1 atom stereocenters. The van der Waals surface area contributed by atoms with Gasteiger partial charge in [0.05, 0.1) is 13.2 Å². The highest BCUT2D eigenvalue weighted by molar-refractivity contribution is 6.35. The smallest absolute Gasteiger partial charge is 0.309 e. The summed E-state index contributed by atoms with van der Waals surface area (Å²) in [6.45, 7) is 0.172. The number of ether oxygens (including phenoxy) is 1. The second kappa shape index (κ2) is 9.01. The van der Waals surface area contributed by atoms with E-state index in [2.05, 4.69) is 10.6 Å². The molecular weight excluding hydrogens is 356 g/mol. The van der Waals surface area contributed by atoms with E-state index in [0.29, 0.717) is 5.56 Å². The Hall–Kier alpha value is -3.38. The largest absolute Gasteiger partial charge is 0.497 e. The number of aliphatic hydroxyl groups is 1. The molecule has 0 spiro atoms. The Morgan fingerprint density at radius 1 is 0.929 bits per heavy atom. The van der Waals surface area contributed by atoms with Crippen LogP contribution in [0.2, 0.25) is 0 Å². The number of nitrogens with one attached hydrogen (secondary N) is 2. The van der Waals surface area contributed by atoms with Crippen LogP contribution in [0.1, 0.15) is 17.2 Å². The Morgan fingerprint density at radius 2 is 1.61 bits per heavy atom. The molecular formula is C22H22N2O4. The maximum absolute atomic E-state index is 12.0. The summed E-state index contributed by atoms with van der Waals surface area (Å²) in [5, 5.41) is 17.4. The first-order valence-corrected chi connectivity index (χ1v) is 8.93. The highest BCUT2D eigenvalue weighted by atomic mass is 16.5. The highest BCUT2D eigenvalue weighted by Gasteiger charge is 2.16. The number of methoxy groups -OCH3 is 1. The number of carbonyl (C=O) groups is 2. The van der Waals surface area contributed by atoms with Gasteiger partial charge in [0.25, 0.3) is 0 Å². The van der Waals surface area contributed by atoms with Crippen LogP contribution in [0, 0.1) is 0 Å². The fraction of sp³-hybridized carbons (Fsp3) is 0.182. The molecule has 0 bridgehead atoms. The van der Waals surface area contributed by atoms with Gasteiger partial charge >= 0.3 is 11.8 Å². The van der Waals surface area contributed by atoms with Crippen LogP contribution >= 0.6 is 0 Å². The first-order valence-electron chi connectivity index (χ1n) is 8.93. The fourth-order valence-electron chi connectivity index (χ4n) is 2.93. The average Bonchev–Trinajstić information content (AvgIpc) is 2.75. The molecule has 0 radical (unpaired) electrons. The summed E-state index contributed by atoms with van der Waals surface area (Å²) in [5.74, 6) is -0.816. The Labute approximate surface area is 163 Å². The lowest BCUT2D eigenvalue weighted by molar-refractivity contribution is -0.139. The van der Waals surface area contributed by atoms with Crippen LogP contribution in [-0.2, 0) is 16.1 Å². The topological polar surface area (TPSA) is 87.7 Å². The van der Waals surface area contributed by atoms with E-state index < -0.39 is 17.9 Å². The molecule has 3 aromatic carbocycles. The maximum atomic E-state index is 12.0. The van der Waals surface area contributed by atoms with Gasteiger partial charge in [-0.3, -0.25) is 9.59 Å². The van der Waals surface area contributed by atoms with E-state index in [0.717, 1.165) is 22.1 Å². The predicted octanol–water partition coefficient (Wildman–Crippen LogP) is 2.31. The zero-order valence-corrected chi connectivity index (χ0v) is 15.5. The third-order valence-corrected chi connectivity index (χ3v) is 4.46. The number of amides is 2. The van der Waals surface area contributed by atoms with Crippen LogP contribution in [-0.4, -0.2) is 30.6 Å². The molecule has 0 aliphatic rings. The molecule has 6 nitrogen and oxygen atoms in total. The number of benzene rings is 3. The summed E-state index contributed by atoms with van der Waals surface area (Å²) in [7, 11) is 1.58. The number of rotatable bonds is 6. The number of hydrogen-bond donors (Lipinski definition) is 3. The zero-order valence-electron chi connectivity index (χ0n) is 15.5. The van der Waals surface area contributed by atoms with Crippen molar-refractivity contribution in [3.8, 4) is 5.75 Å². The molecule has 2 amide bonds. The summed E-state index contributed by atoms with van der Waals surface area (Å²) in [6.07, 6.45) is -0.913. The van der Waals surface area contributed by atoms with Gasteiger partial charge in [0.2, 0.25) is 0 Å². The van der Waals surface area contributed by atoms with Crippen molar-refractivity contribution >= 4 is 22.6 Å². The average molecular weight is 378 g/mol. The molecule has 1 unspecified atom stereocenters. The predicted molar refractivity (Wildman–Crippen MR) is 107 cm³/mol. The Morgan fingerprint density at radius 3 is 2.36 bits per heavy atom. The monoisotopic (exact) mass is 378 g/mol. The molecule has 0 heterocycles. The molecule has 0 saturated carbocycles. The molecule has 0 fully saturated rings. The van der Waals surface area contributed by atoms with Gasteiger partial charge in [-0.15, -0.1) is 0 Å². The third kappa shape index (κ3) is 4.66. The molecule has 0 saturated heterocycles. The SMILES string of the molecule is COc1ccc(CNC(=O)C(=O)NCC(O)c2cccc3ccccc23)cc1. The highest BCUT2D eigenvalue weighted by Crippen LogP contribution is 2.23. The summed E-state index contributed by atoms with van der Waals surface area (Å²) in [5.41, 5.74) is 1.55. The molecule has 3 aromatic rings. The van der Waals surface area contributed by atoms with Gasteiger partial charge in [0, 0.05) is 13.1 Å². The molecule has 3 N–H and O–H groups in total. The van der Waals surface area contributed by atoms with E-state index in [1.807, 2.05) is 42.5 Å². The van der Waals surface area contributed by atoms with E-state index in [4.69, 9.17) is 4.74 Å². The molecule has 0 aromatic heterocycles. The third-order valence-electron chi connectivity index (χ3n) is 4.46. The lowest BCUT2D eigenvalue weighted by Crippen LogP contribution is -2.41. The Kier molecular flexibility index (Phi) is 6.24. The molecule has 28 heavy (non-hydrogen) atoms. The van der Waals surface area contributed by atoms with Crippen LogP contribution in [0.5, 0.6) is 5.75 Å². The summed E-state index contributed by atoms with van der Waals surface area (Å²) in [4.78, 5) is 24.0. The van der Waals surface area contributed by atoms with Crippen molar-refractivity contribution in [2.45, 2.75) is 12.6 Å². The van der Waals surface area contributed by atoms with Gasteiger partial charge in [-0.2, -0.15) is 0 Å². The van der Waals surface area contributed by atoms with Crippen molar-refractivity contribution < 1.29 is 19.4 Å². The lowest BCUT2D eigenvalue weighted by Gasteiger charge is -2.14. The van der Waals surface area contributed by atoms with Crippen LogP contribution in [0.4, 0.5) is 0 Å². The van der Waals surface area contributed by atoms with E-state index in [-0.39, 0.29) is 13.1 Å². The van der Waals surface area contributed by atoms with Gasteiger partial charge in [-0.1, -0.05) is 54.6 Å². The van der Waals surface area contributed by atoms with Crippen molar-refractivity contribution in [1.29, 1.82) is 0 Å². The van der Waals surface area contributed by atoms with Gasteiger partial charge in [0.1, 0.15) is 5.75 Å². The van der Waals surface area contributed by atoms with Crippen LogP contribution in [0.25, 0.3) is 10.8 Å². The maximum Gasteiger partial charge on any atom is 0.309 e. The minimum Gasteiger partial charge on any atom is -0.497 e. The summed E-state index contributed by atoms with van der Waals surface area (Å²) < 4.78 is 5.08. The van der Waals surface area contributed by atoms with Crippen LogP contribution < -0.4 is 15.4 Å². The first-order chi connectivity index (χ1) is 13.6. The van der Waals surface area contributed by atoms with Crippen LogP contribution in [0.3, 0.4) is 0 Å². The normalized spacial score (nSPS) is 11.6. The first kappa shape index (κ1) is 19.4. The fourth-order valence-corrected chi connectivity index (χ4v) is 2.93. The Balaban J connectivity index is 1.53. The van der Waals surface area contributed by atoms with Crippen molar-refractivity contribution in [2.24, 2.45) is 0 Å². The van der Waals surface area contributed by atoms with Gasteiger partial charge in [-0.25, -0.2) is 0 Å². The number of hydrogen-bond acceptors (Lipinski definition) is 4. The van der Waals surface area contributed by atoms with E-state index >= 15 is 0 Å². The summed E-state index contributed by atoms with van der Waals surface area (Å²) >= 11 is 0. The second-order valence-corrected chi connectivity index (χ2v) is 6.32. The van der Waals surface area contributed by atoms with Gasteiger partial charge in [0.15, 0.2) is 0 Å². The number of fused-ring (bicyclic) bond motifs is 1. The van der Waals surface area contributed by atoms with Crippen molar-refractivity contribution in [3.05, 3.63) is 77.9 Å². The van der Waals surface area contributed by atoms with Gasteiger partial charge in [-0.05, 0) is 34.0 Å². The standard InChI is InChI=1S/C22H22N2O4/c1-28-17-11-9-15(10-12-17)13-23-21(26)22(27)24-14-20(25)19-8-4-6-16-5-2-3-7-18(16)19/h2-12,20,25H,13-14H2,1H3,(H,23,26)(H,24,27). The second-order valence-electron chi connectivity index (χ2n) is 6.32. The minimum absolute atomic E-state index is 0.0528. The molecule has 0 aliphatic carbocycles. The van der Waals surface area contributed by atoms with E-state index in [9.17, 15) is 14.7 Å². The van der Waals surface area contributed by atoms with E-state index in [1.54, 1.807) is 31.4 Å². The van der Waals surface area contributed by atoms with Gasteiger partial charge < -0.3 is 20.5 Å². The quantitative estimate of drug-likeness (QED) is 0.575. The van der Waals surface area contributed by atoms with Crippen molar-refractivity contribution in [1.82, 2.24) is 10.6 Å². The number of carbonyl (C=O) groups excluding carboxylic acids is 2. The molecule has 3 rings (SSSR count). The summed E-state index contributed by atoms with van der Waals surface area (Å²) in [6, 6.07) is 20.5. The molecule has 144 valence electrons. The lowest BCUT2D eigenvalue weighted by atomic mass is 10.0. The van der Waals surface area contributed by atoms with Crippen molar-refractivity contribution in [3.63, 3.8) is 0 Å². The molecule has 6 heteroatoms. The van der Waals surface area contributed by atoms with E-state index in [1.165, 1.54) is 0 Å². The minimum atomic E-state index is -0.913. The Bertz CT molecular complexity index is 964. The van der Waals surface area contributed by atoms with Crippen molar-refractivity contribution in [2.75, 3.05) is 13.7 Å².